The summed E-state index contributed by atoms with van der Waals surface area (Å²) in [4.78, 5) is 5.17. The van der Waals surface area contributed by atoms with Gasteiger partial charge in [-0.15, -0.1) is 0 Å². The van der Waals surface area contributed by atoms with Gasteiger partial charge in [-0.1, -0.05) is 11.8 Å². The van der Waals surface area contributed by atoms with E-state index >= 15 is 0 Å². The van der Waals surface area contributed by atoms with Crippen LogP contribution in [0.15, 0.2) is 44.9 Å². The zero-order valence-corrected chi connectivity index (χ0v) is 12.9. The molecule has 1 heterocycles. The third-order valence-corrected chi connectivity index (χ3v) is 4.44. The molecule has 2 rings (SSSR count). The second-order valence-electron chi connectivity index (χ2n) is 3.64. The first-order valence-electron chi connectivity index (χ1n) is 5.45. The Morgan fingerprint density at radius 2 is 1.89 bits per heavy atom. The van der Waals surface area contributed by atoms with Crippen LogP contribution >= 0.6 is 27.7 Å². The maximum Gasteiger partial charge on any atom is 0.162 e. The molecule has 0 radical (unpaired) electrons. The van der Waals surface area contributed by atoms with Crippen molar-refractivity contribution < 1.29 is 9.47 Å². The molecule has 0 bridgehead atoms. The highest BCUT2D eigenvalue weighted by Crippen LogP contribution is 2.40. The number of hydrogen-bond acceptors (Lipinski definition) is 5. The van der Waals surface area contributed by atoms with Gasteiger partial charge < -0.3 is 15.2 Å². The Hall–Kier alpha value is -1.40. The van der Waals surface area contributed by atoms with Crippen LogP contribution in [-0.2, 0) is 0 Å². The molecule has 0 fully saturated rings. The number of anilines is 1. The van der Waals surface area contributed by atoms with E-state index < -0.39 is 0 Å². The fourth-order valence-corrected chi connectivity index (χ4v) is 2.84. The van der Waals surface area contributed by atoms with Crippen molar-refractivity contribution in [1.29, 1.82) is 0 Å². The Bertz CT molecular complexity index is 593. The first-order chi connectivity index (χ1) is 9.15. The lowest BCUT2D eigenvalue weighted by Crippen LogP contribution is -1.95. The minimum atomic E-state index is 0.615. The summed E-state index contributed by atoms with van der Waals surface area (Å²) in [5, 5.41) is 0.849. The third kappa shape index (κ3) is 3.13. The molecule has 0 unspecified atom stereocenters. The van der Waals surface area contributed by atoms with Gasteiger partial charge in [-0.3, -0.25) is 0 Å². The molecule has 0 atom stereocenters. The van der Waals surface area contributed by atoms with Crippen LogP contribution in [0, 0.1) is 0 Å². The highest BCUT2D eigenvalue weighted by molar-refractivity contribution is 9.10. The van der Waals surface area contributed by atoms with Crippen molar-refractivity contribution in [3.63, 3.8) is 0 Å². The molecule has 19 heavy (non-hydrogen) atoms. The molecular weight excluding hydrogens is 328 g/mol. The van der Waals surface area contributed by atoms with Gasteiger partial charge in [0.05, 0.1) is 18.7 Å². The molecule has 100 valence electrons. The van der Waals surface area contributed by atoms with Crippen molar-refractivity contribution >= 4 is 33.4 Å². The number of nitrogen functional groups attached to an aromatic ring is 1. The number of benzene rings is 1. The minimum absolute atomic E-state index is 0.615. The molecule has 6 heteroatoms. The van der Waals surface area contributed by atoms with Gasteiger partial charge >= 0.3 is 0 Å². The van der Waals surface area contributed by atoms with Crippen molar-refractivity contribution in [2.45, 2.75) is 9.92 Å². The number of hydrogen-bond donors (Lipinski definition) is 1. The second-order valence-corrected chi connectivity index (χ2v) is 5.52. The Kier molecular flexibility index (Phi) is 4.55. The van der Waals surface area contributed by atoms with Crippen molar-refractivity contribution in [2.24, 2.45) is 0 Å². The van der Waals surface area contributed by atoms with E-state index in [1.54, 1.807) is 26.5 Å². The largest absolute Gasteiger partial charge is 0.493 e. The lowest BCUT2D eigenvalue weighted by atomic mass is 10.3. The number of halogens is 1. The molecule has 0 aliphatic heterocycles. The predicted octanol–water partition coefficient (Wildman–Crippen LogP) is 3.59. The summed E-state index contributed by atoms with van der Waals surface area (Å²) in [6, 6.07) is 7.40. The number of nitrogens with two attached hydrogens (primary N) is 1. The molecule has 0 saturated carbocycles. The number of ether oxygens (including phenoxy) is 2. The molecule has 4 nitrogen and oxygen atoms in total. The van der Waals surface area contributed by atoms with Gasteiger partial charge in [0, 0.05) is 28.9 Å². The first kappa shape index (κ1) is 14.0. The Morgan fingerprint density at radius 3 is 2.53 bits per heavy atom. The lowest BCUT2D eigenvalue weighted by Gasteiger charge is -2.12. The number of aromatic nitrogens is 1. The van der Waals surface area contributed by atoms with Gasteiger partial charge in [0.2, 0.25) is 0 Å². The number of nitrogens with zero attached hydrogens (tertiary/aromatic N) is 1. The highest BCUT2D eigenvalue weighted by Gasteiger charge is 2.12. The van der Waals surface area contributed by atoms with Crippen molar-refractivity contribution in [3.05, 3.63) is 34.9 Å². The zero-order chi connectivity index (χ0) is 13.8. The molecule has 2 aromatic rings. The molecule has 0 aliphatic carbocycles. The maximum atomic E-state index is 6.02. The zero-order valence-electron chi connectivity index (χ0n) is 10.5. The molecular formula is C13H13BrN2O2S. The fraction of sp³-hybridized carbons (Fsp3) is 0.154. The van der Waals surface area contributed by atoms with Crippen molar-refractivity contribution in [2.75, 3.05) is 20.0 Å². The molecule has 0 saturated heterocycles. The van der Waals surface area contributed by atoms with Crippen molar-refractivity contribution in [1.82, 2.24) is 4.98 Å². The van der Waals surface area contributed by atoms with Crippen LogP contribution in [-0.4, -0.2) is 19.2 Å². The van der Waals surface area contributed by atoms with Gasteiger partial charge in [0.1, 0.15) is 5.03 Å². The van der Waals surface area contributed by atoms with E-state index in [0.717, 1.165) is 14.4 Å². The number of methoxy groups -OCH3 is 2. The van der Waals surface area contributed by atoms with Crippen LogP contribution in [0.2, 0.25) is 0 Å². The third-order valence-electron chi connectivity index (χ3n) is 2.45. The van der Waals surface area contributed by atoms with E-state index in [1.807, 2.05) is 18.2 Å². The van der Waals surface area contributed by atoms with Gasteiger partial charge in [-0.05, 0) is 28.1 Å². The van der Waals surface area contributed by atoms with Crippen molar-refractivity contribution in [3.8, 4) is 11.5 Å². The summed E-state index contributed by atoms with van der Waals surface area (Å²) in [6.07, 6.45) is 1.74. The van der Waals surface area contributed by atoms with Gasteiger partial charge in [0.15, 0.2) is 11.5 Å². The van der Waals surface area contributed by atoms with Gasteiger partial charge in [-0.2, -0.15) is 0 Å². The maximum absolute atomic E-state index is 6.02. The summed E-state index contributed by atoms with van der Waals surface area (Å²) in [5.74, 6) is 1.26. The molecule has 0 aliphatic rings. The molecule has 1 aromatic heterocycles. The average molecular weight is 341 g/mol. The summed E-state index contributed by atoms with van der Waals surface area (Å²) >= 11 is 4.93. The molecule has 0 spiro atoms. The van der Waals surface area contributed by atoms with E-state index in [-0.39, 0.29) is 0 Å². The van der Waals surface area contributed by atoms with Gasteiger partial charge in [0.25, 0.3) is 0 Å². The first-order valence-corrected chi connectivity index (χ1v) is 7.06. The second kappa shape index (κ2) is 6.16. The topological polar surface area (TPSA) is 57.4 Å². The smallest absolute Gasteiger partial charge is 0.162 e. The SMILES string of the molecule is COc1cc(N)c(Sc2ncccc2Br)cc1OC. The lowest BCUT2D eigenvalue weighted by molar-refractivity contribution is 0.354. The summed E-state index contributed by atoms with van der Waals surface area (Å²) in [6.45, 7) is 0. The Morgan fingerprint density at radius 1 is 1.21 bits per heavy atom. The quantitative estimate of drug-likeness (QED) is 0.861. The average Bonchev–Trinajstić information content (AvgIpc) is 2.42. The predicted molar refractivity (Wildman–Crippen MR) is 80.0 cm³/mol. The highest BCUT2D eigenvalue weighted by atomic mass is 79.9. The van der Waals surface area contributed by atoms with E-state index in [2.05, 4.69) is 20.9 Å². The number of rotatable bonds is 4. The van der Waals surface area contributed by atoms with E-state index in [1.165, 1.54) is 11.8 Å². The summed E-state index contributed by atoms with van der Waals surface area (Å²) < 4.78 is 11.4. The van der Waals surface area contributed by atoms with E-state index in [0.29, 0.717) is 17.2 Å². The van der Waals surface area contributed by atoms with E-state index in [9.17, 15) is 0 Å². The Balaban J connectivity index is 2.38. The van der Waals surface area contributed by atoms with Crippen LogP contribution in [0.5, 0.6) is 11.5 Å². The normalized spacial score (nSPS) is 10.3. The van der Waals surface area contributed by atoms with Crippen LogP contribution < -0.4 is 15.2 Å². The number of pyridine rings is 1. The van der Waals surface area contributed by atoms with E-state index in [4.69, 9.17) is 15.2 Å². The molecule has 0 amide bonds. The van der Waals surface area contributed by atoms with Crippen LogP contribution in [0.1, 0.15) is 0 Å². The van der Waals surface area contributed by atoms with Crippen LogP contribution in [0.25, 0.3) is 0 Å². The Labute approximate surface area is 124 Å². The van der Waals surface area contributed by atoms with Crippen LogP contribution in [0.3, 0.4) is 0 Å². The minimum Gasteiger partial charge on any atom is -0.493 e. The summed E-state index contributed by atoms with van der Waals surface area (Å²) in [7, 11) is 3.18. The standard InChI is InChI=1S/C13H13BrN2O2S/c1-17-10-6-9(15)12(7-11(10)18-2)19-13-8(14)4-3-5-16-13/h3-7H,15H2,1-2H3. The summed E-state index contributed by atoms with van der Waals surface area (Å²) in [5.41, 5.74) is 6.64. The monoisotopic (exact) mass is 340 g/mol. The molecule has 2 N–H and O–H groups in total. The fourth-order valence-electron chi connectivity index (χ4n) is 1.51. The molecule has 1 aromatic carbocycles. The van der Waals surface area contributed by atoms with Gasteiger partial charge in [-0.25, -0.2) is 4.98 Å². The van der Waals surface area contributed by atoms with Crippen LogP contribution in [0.4, 0.5) is 5.69 Å².